The van der Waals surface area contributed by atoms with E-state index in [0.717, 1.165) is 4.47 Å². The van der Waals surface area contributed by atoms with E-state index in [0.29, 0.717) is 28.0 Å². The molecule has 2 N–H and O–H groups in total. The van der Waals surface area contributed by atoms with E-state index in [2.05, 4.69) is 26.2 Å². The third-order valence-corrected chi connectivity index (χ3v) is 5.51. The smallest absolute Gasteiger partial charge is 0.352 e. The Morgan fingerprint density at radius 3 is 2.42 bits per heavy atom. The van der Waals surface area contributed by atoms with Crippen molar-refractivity contribution in [1.82, 2.24) is 10.3 Å². The Bertz CT molecular complexity index is 1390. The molecule has 1 amide bonds. The molecule has 0 bridgehead atoms. The SMILES string of the molecule is O=C(O)C(=Cc1ccc(Oc2ccccc2Br)cc1)NC(=O)c1cc(Cl)nc2ccccc12. The summed E-state index contributed by atoms with van der Waals surface area (Å²) in [5.41, 5.74) is 1.06. The fourth-order valence-electron chi connectivity index (χ4n) is 3.13. The van der Waals surface area contributed by atoms with Crippen molar-refractivity contribution in [2.24, 2.45) is 0 Å². The number of ether oxygens (including phenoxy) is 1. The van der Waals surface area contributed by atoms with Gasteiger partial charge in [0, 0.05) is 5.39 Å². The van der Waals surface area contributed by atoms with E-state index in [1.54, 1.807) is 48.5 Å². The highest BCUT2D eigenvalue weighted by molar-refractivity contribution is 9.10. The minimum atomic E-state index is -1.28. The summed E-state index contributed by atoms with van der Waals surface area (Å²) in [6, 6.07) is 22.6. The van der Waals surface area contributed by atoms with Gasteiger partial charge >= 0.3 is 5.97 Å². The molecule has 33 heavy (non-hydrogen) atoms. The quantitative estimate of drug-likeness (QED) is 0.229. The molecule has 0 atom stereocenters. The van der Waals surface area contributed by atoms with E-state index in [9.17, 15) is 14.7 Å². The Morgan fingerprint density at radius 1 is 1.00 bits per heavy atom. The highest BCUT2D eigenvalue weighted by Crippen LogP contribution is 2.29. The van der Waals surface area contributed by atoms with E-state index in [-0.39, 0.29) is 16.4 Å². The van der Waals surface area contributed by atoms with Gasteiger partial charge in [-0.25, -0.2) is 9.78 Å². The van der Waals surface area contributed by atoms with Crippen molar-refractivity contribution in [3.63, 3.8) is 0 Å². The van der Waals surface area contributed by atoms with Gasteiger partial charge in [-0.05, 0) is 64.0 Å². The lowest BCUT2D eigenvalue weighted by Crippen LogP contribution is -2.27. The Labute approximate surface area is 202 Å². The summed E-state index contributed by atoms with van der Waals surface area (Å²) in [7, 11) is 0. The van der Waals surface area contributed by atoms with Crippen LogP contribution < -0.4 is 10.1 Å². The second-order valence-corrected chi connectivity index (χ2v) is 8.17. The summed E-state index contributed by atoms with van der Waals surface area (Å²) < 4.78 is 6.63. The van der Waals surface area contributed by atoms with Crippen molar-refractivity contribution in [1.29, 1.82) is 0 Å². The first-order valence-corrected chi connectivity index (χ1v) is 10.9. The number of fused-ring (bicyclic) bond motifs is 1. The Kier molecular flexibility index (Phi) is 6.72. The molecule has 0 aliphatic heterocycles. The predicted octanol–water partition coefficient (Wildman–Crippen LogP) is 6.30. The van der Waals surface area contributed by atoms with Gasteiger partial charge in [0.2, 0.25) is 0 Å². The second-order valence-electron chi connectivity index (χ2n) is 6.93. The number of hydrogen-bond donors (Lipinski definition) is 2. The molecule has 0 spiro atoms. The molecule has 3 aromatic carbocycles. The Balaban J connectivity index is 1.57. The third kappa shape index (κ3) is 5.39. The van der Waals surface area contributed by atoms with Crippen molar-refractivity contribution in [3.8, 4) is 11.5 Å². The van der Waals surface area contributed by atoms with E-state index in [1.165, 1.54) is 12.1 Å². The second kappa shape index (κ2) is 9.85. The molecule has 0 saturated heterocycles. The molecule has 0 aliphatic rings. The van der Waals surface area contributed by atoms with Gasteiger partial charge < -0.3 is 15.2 Å². The highest BCUT2D eigenvalue weighted by Gasteiger charge is 2.17. The number of para-hydroxylation sites is 2. The number of benzene rings is 3. The van der Waals surface area contributed by atoms with Gasteiger partial charge in [0.05, 0.1) is 15.6 Å². The number of hydrogen-bond acceptors (Lipinski definition) is 4. The maximum Gasteiger partial charge on any atom is 0.352 e. The number of carbonyl (C=O) groups excluding carboxylic acids is 1. The average Bonchev–Trinajstić information content (AvgIpc) is 2.80. The van der Waals surface area contributed by atoms with Gasteiger partial charge in [-0.15, -0.1) is 0 Å². The van der Waals surface area contributed by atoms with Gasteiger partial charge in [0.15, 0.2) is 0 Å². The van der Waals surface area contributed by atoms with Crippen LogP contribution in [0.5, 0.6) is 11.5 Å². The number of aromatic nitrogens is 1. The molecule has 4 aromatic rings. The number of carbonyl (C=O) groups is 2. The number of carboxylic acid groups (broad SMARTS) is 1. The van der Waals surface area contributed by atoms with Crippen LogP contribution in [0.2, 0.25) is 5.15 Å². The minimum absolute atomic E-state index is 0.139. The Morgan fingerprint density at radius 2 is 1.70 bits per heavy atom. The molecular weight excluding hydrogens is 508 g/mol. The first-order chi connectivity index (χ1) is 15.9. The number of carboxylic acids is 1. The fourth-order valence-corrected chi connectivity index (χ4v) is 3.69. The number of amides is 1. The molecular formula is C25H16BrClN2O4. The van der Waals surface area contributed by atoms with Crippen molar-refractivity contribution in [2.75, 3.05) is 0 Å². The lowest BCUT2D eigenvalue weighted by atomic mass is 10.1. The summed E-state index contributed by atoms with van der Waals surface area (Å²) in [5, 5.41) is 12.8. The van der Waals surface area contributed by atoms with Crippen LogP contribution in [0.15, 0.2) is 89.0 Å². The monoisotopic (exact) mass is 522 g/mol. The number of halogens is 2. The van der Waals surface area contributed by atoms with Crippen LogP contribution in [0.1, 0.15) is 15.9 Å². The summed E-state index contributed by atoms with van der Waals surface area (Å²) in [6.45, 7) is 0. The van der Waals surface area contributed by atoms with E-state index in [1.807, 2.05) is 24.3 Å². The molecule has 8 heteroatoms. The number of pyridine rings is 1. The van der Waals surface area contributed by atoms with Crippen LogP contribution in [0.25, 0.3) is 17.0 Å². The van der Waals surface area contributed by atoms with Crippen molar-refractivity contribution >= 4 is 56.4 Å². The number of aliphatic carboxylic acids is 1. The van der Waals surface area contributed by atoms with Crippen LogP contribution in [-0.4, -0.2) is 22.0 Å². The zero-order chi connectivity index (χ0) is 23.4. The zero-order valence-corrected chi connectivity index (χ0v) is 19.3. The molecule has 0 fully saturated rings. The topological polar surface area (TPSA) is 88.5 Å². The normalized spacial score (nSPS) is 11.3. The van der Waals surface area contributed by atoms with Crippen molar-refractivity contribution in [2.45, 2.75) is 0 Å². The largest absolute Gasteiger partial charge is 0.477 e. The number of nitrogens with zero attached hydrogens (tertiary/aromatic N) is 1. The summed E-state index contributed by atoms with van der Waals surface area (Å²) >= 11 is 9.47. The molecule has 0 unspecified atom stereocenters. The maximum absolute atomic E-state index is 12.9. The van der Waals surface area contributed by atoms with Gasteiger partial charge in [-0.2, -0.15) is 0 Å². The number of nitrogens with one attached hydrogen (secondary N) is 1. The lowest BCUT2D eigenvalue weighted by Gasteiger charge is -2.10. The maximum atomic E-state index is 12.9. The summed E-state index contributed by atoms with van der Waals surface area (Å²) in [4.78, 5) is 28.9. The first-order valence-electron chi connectivity index (χ1n) is 9.75. The van der Waals surface area contributed by atoms with Crippen molar-refractivity contribution in [3.05, 3.63) is 105 Å². The average molecular weight is 524 g/mol. The van der Waals surface area contributed by atoms with Crippen LogP contribution >= 0.6 is 27.5 Å². The van der Waals surface area contributed by atoms with Crippen LogP contribution in [-0.2, 0) is 4.79 Å². The molecule has 1 aromatic heterocycles. The Hall–Kier alpha value is -3.68. The van der Waals surface area contributed by atoms with E-state index in [4.69, 9.17) is 16.3 Å². The standard InChI is InChI=1S/C25H16BrClN2O4/c26-19-6-2-4-8-22(19)33-16-11-9-15(10-12-16)13-21(25(31)32)29-24(30)18-14-23(27)28-20-7-3-1-5-17(18)20/h1-14H,(H,29,30)(H,31,32). The van der Waals surface area contributed by atoms with Gasteiger partial charge in [0.25, 0.3) is 5.91 Å². The first kappa shape index (κ1) is 22.5. The van der Waals surface area contributed by atoms with Gasteiger partial charge in [-0.3, -0.25) is 4.79 Å². The zero-order valence-electron chi connectivity index (χ0n) is 17.0. The predicted molar refractivity (Wildman–Crippen MR) is 130 cm³/mol. The fraction of sp³-hybridized carbons (Fsp3) is 0. The third-order valence-electron chi connectivity index (χ3n) is 4.66. The lowest BCUT2D eigenvalue weighted by molar-refractivity contribution is -0.132. The minimum Gasteiger partial charge on any atom is -0.477 e. The molecule has 0 saturated carbocycles. The molecule has 4 rings (SSSR count). The van der Waals surface area contributed by atoms with Crippen LogP contribution in [0.4, 0.5) is 0 Å². The summed E-state index contributed by atoms with van der Waals surface area (Å²) in [6.07, 6.45) is 1.37. The van der Waals surface area contributed by atoms with Crippen molar-refractivity contribution < 1.29 is 19.4 Å². The van der Waals surface area contributed by atoms with Crippen LogP contribution in [0, 0.1) is 0 Å². The van der Waals surface area contributed by atoms with Gasteiger partial charge in [-0.1, -0.05) is 54.1 Å². The summed E-state index contributed by atoms with van der Waals surface area (Å²) in [5.74, 6) is -0.639. The van der Waals surface area contributed by atoms with E-state index < -0.39 is 11.9 Å². The van der Waals surface area contributed by atoms with Gasteiger partial charge in [0.1, 0.15) is 22.3 Å². The molecule has 0 radical (unpaired) electrons. The molecule has 1 heterocycles. The number of rotatable bonds is 6. The van der Waals surface area contributed by atoms with Crippen LogP contribution in [0.3, 0.4) is 0 Å². The van der Waals surface area contributed by atoms with E-state index >= 15 is 0 Å². The molecule has 0 aliphatic carbocycles. The molecule has 164 valence electrons. The highest BCUT2D eigenvalue weighted by atomic mass is 79.9. The molecule has 6 nitrogen and oxygen atoms in total.